The number of thioether (sulfide) groups is 1. The van der Waals surface area contributed by atoms with Crippen LogP contribution >= 0.6 is 24.4 Å². The second kappa shape index (κ2) is 26.7. The molecule has 0 aliphatic carbocycles. The molecule has 2 aliphatic heterocycles. The minimum Gasteiger partial charge on any atom is -0.508 e. The number of thiol groups is 1. The number of H-pyrrole nitrogens is 1. The van der Waals surface area contributed by atoms with Gasteiger partial charge in [0, 0.05) is 49.2 Å². The van der Waals surface area contributed by atoms with Crippen LogP contribution in [-0.2, 0) is 62.4 Å². The number of imidazole rings is 1. The summed E-state index contributed by atoms with van der Waals surface area (Å²) in [5.74, 6) is -9.05. The van der Waals surface area contributed by atoms with Gasteiger partial charge in [-0.3, -0.25) is 43.3 Å². The van der Waals surface area contributed by atoms with Crippen molar-refractivity contribution in [2.24, 2.45) is 22.2 Å². The number of nitrogens with one attached hydrogen (secondary N) is 7. The molecule has 2 saturated heterocycles. The Morgan fingerprint density at radius 1 is 0.847 bits per heavy atom. The topological polar surface area (TPSA) is 409 Å². The number of aliphatic carboxylic acids is 2. The standard InChI is InChI=1S/C45H59N13O12S2/c46-27(18-36(60)61)37(62)52-28(7-4-14-50-45(47)48)38(63)57-33-21-72-35-13-12-34(58(35)43(68)30(54-41(33)66)15-24-8-10-26(59)11-9-24)42(67)53-29(17-25-19-49-22-51-25)39(64)56-32(20-71)40(65)55-31(44(69)70)16-23-5-2-1-3-6-23/h1-3,5-6,8-11,19,22,27-35,59,71H,4,7,12-18,20-21,46H2,(H,49,51)(H,52,62)(H,53,67)(H,54,66)(H,55,65)(H,56,64)(H,57,63)(H,60,61)(H,69,70)(H4,47,48,50)/t27-,28-,29-,30-,31-,32-,33-,34-,35+/m0/s1. The van der Waals surface area contributed by atoms with E-state index in [9.17, 15) is 58.5 Å². The highest BCUT2D eigenvalue weighted by molar-refractivity contribution is 7.99. The number of hydrogen-bond acceptors (Lipinski definition) is 15. The Morgan fingerprint density at radius 2 is 1.53 bits per heavy atom. The number of carbonyl (C=O) groups is 9. The molecule has 3 aromatic rings. The fraction of sp³-hybridized carbons (Fsp3) is 0.444. The van der Waals surface area contributed by atoms with Crippen molar-refractivity contribution in [2.45, 2.75) is 105 Å². The molecule has 7 amide bonds. The summed E-state index contributed by atoms with van der Waals surface area (Å²) in [4.78, 5) is 133. The number of phenolic OH excluding ortho intramolecular Hbond substituents is 1. The summed E-state index contributed by atoms with van der Waals surface area (Å²) in [6.07, 6.45) is 2.11. The van der Waals surface area contributed by atoms with Crippen LogP contribution in [-0.4, -0.2) is 161 Å². The number of carboxylic acids is 2. The maximum Gasteiger partial charge on any atom is 0.326 e. The van der Waals surface area contributed by atoms with E-state index in [-0.39, 0.29) is 74.7 Å². The number of aromatic hydroxyl groups is 1. The van der Waals surface area contributed by atoms with Gasteiger partial charge >= 0.3 is 11.9 Å². The van der Waals surface area contributed by atoms with Gasteiger partial charge in [-0.15, -0.1) is 11.8 Å². The molecule has 0 spiro atoms. The van der Waals surface area contributed by atoms with Crippen molar-refractivity contribution < 1.29 is 58.5 Å². The Kier molecular flexibility index (Phi) is 20.6. The third-order valence-electron chi connectivity index (χ3n) is 11.6. The van der Waals surface area contributed by atoms with E-state index in [1.807, 2.05) is 0 Å². The number of benzene rings is 2. The van der Waals surface area contributed by atoms with Crippen LogP contribution in [0.2, 0.25) is 0 Å². The zero-order valence-corrected chi connectivity index (χ0v) is 40.5. The van der Waals surface area contributed by atoms with E-state index < -0.39 is 113 Å². The van der Waals surface area contributed by atoms with Crippen LogP contribution in [0, 0.1) is 0 Å². The second-order valence-electron chi connectivity index (χ2n) is 17.0. The summed E-state index contributed by atoms with van der Waals surface area (Å²) in [6.45, 7) is 0.0582. The number of amides is 7. The van der Waals surface area contributed by atoms with Gasteiger partial charge in [0.15, 0.2) is 5.96 Å². The number of fused-ring (bicyclic) bond motifs is 1. The Morgan fingerprint density at radius 3 is 2.17 bits per heavy atom. The molecule has 27 heteroatoms. The molecule has 2 fully saturated rings. The number of aromatic nitrogens is 2. The first kappa shape index (κ1) is 55.5. The van der Waals surface area contributed by atoms with Gasteiger partial charge in [0.25, 0.3) is 0 Å². The lowest BCUT2D eigenvalue weighted by Gasteiger charge is -2.33. The molecule has 2 aromatic carbocycles. The largest absolute Gasteiger partial charge is 0.508 e. The number of carbonyl (C=O) groups excluding carboxylic acids is 7. The average molecular weight is 1040 g/mol. The minimum atomic E-state index is -1.51. The quantitative estimate of drug-likeness (QED) is 0.0184. The molecule has 0 saturated carbocycles. The van der Waals surface area contributed by atoms with Gasteiger partial charge in [0.1, 0.15) is 48.0 Å². The number of aliphatic imine (C=N–C) groups is 1. The Hall–Kier alpha value is -7.39. The van der Waals surface area contributed by atoms with E-state index >= 15 is 0 Å². The molecule has 1 aromatic heterocycles. The number of phenols is 1. The number of guanidine groups is 1. The third kappa shape index (κ3) is 16.3. The van der Waals surface area contributed by atoms with Crippen molar-refractivity contribution in [1.29, 1.82) is 0 Å². The molecule has 3 heterocycles. The highest BCUT2D eigenvalue weighted by Crippen LogP contribution is 2.34. The predicted octanol–water partition coefficient (Wildman–Crippen LogP) is -3.01. The van der Waals surface area contributed by atoms with Crippen molar-refractivity contribution in [3.8, 4) is 5.75 Å². The van der Waals surface area contributed by atoms with Crippen molar-refractivity contribution >= 4 is 83.6 Å². The molecule has 5 rings (SSSR count). The summed E-state index contributed by atoms with van der Waals surface area (Å²) in [5, 5.41) is 43.8. The Bertz CT molecular complexity index is 2430. The number of aromatic amines is 1. The highest BCUT2D eigenvalue weighted by atomic mass is 32.2. The minimum absolute atomic E-state index is 0.0472. The van der Waals surface area contributed by atoms with Crippen molar-refractivity contribution in [3.63, 3.8) is 0 Å². The van der Waals surface area contributed by atoms with Crippen LogP contribution in [0.1, 0.15) is 48.9 Å². The van der Waals surface area contributed by atoms with Crippen LogP contribution in [0.25, 0.3) is 0 Å². The van der Waals surface area contributed by atoms with Gasteiger partial charge < -0.3 is 74.3 Å². The van der Waals surface area contributed by atoms with E-state index in [0.717, 1.165) is 11.8 Å². The number of hydrogen-bond donors (Lipinski definition) is 14. The molecule has 9 atom stereocenters. The number of nitrogens with zero attached hydrogens (tertiary/aromatic N) is 3. The normalized spacial score (nSPS) is 19.7. The molecule has 0 unspecified atom stereocenters. The molecule has 72 heavy (non-hydrogen) atoms. The van der Waals surface area contributed by atoms with Gasteiger partial charge in [0.2, 0.25) is 41.4 Å². The average Bonchev–Trinajstić information content (AvgIpc) is 4.03. The lowest BCUT2D eigenvalue weighted by atomic mass is 10.0. The molecule has 2 aliphatic rings. The maximum absolute atomic E-state index is 14.8. The zero-order chi connectivity index (χ0) is 52.5. The molecule has 0 radical (unpaired) electrons. The van der Waals surface area contributed by atoms with Crippen LogP contribution in [0.15, 0.2) is 72.1 Å². The van der Waals surface area contributed by atoms with E-state index in [4.69, 9.17) is 17.2 Å². The summed E-state index contributed by atoms with van der Waals surface area (Å²) in [7, 11) is 0. The Labute approximate surface area is 422 Å². The van der Waals surface area contributed by atoms with Crippen LogP contribution < -0.4 is 49.1 Å². The first-order valence-corrected chi connectivity index (χ1v) is 24.4. The Balaban J connectivity index is 1.37. The lowest BCUT2D eigenvalue weighted by molar-refractivity contribution is -0.143. The number of rotatable bonds is 24. The van der Waals surface area contributed by atoms with Gasteiger partial charge in [-0.2, -0.15) is 12.6 Å². The molecule has 0 bridgehead atoms. The zero-order valence-electron chi connectivity index (χ0n) is 38.8. The van der Waals surface area contributed by atoms with Gasteiger partial charge in [-0.05, 0) is 48.9 Å². The van der Waals surface area contributed by atoms with Crippen molar-refractivity contribution in [3.05, 3.63) is 83.9 Å². The monoisotopic (exact) mass is 1040 g/mol. The van der Waals surface area contributed by atoms with Crippen LogP contribution in [0.4, 0.5) is 0 Å². The van der Waals surface area contributed by atoms with Crippen LogP contribution in [0.5, 0.6) is 5.75 Å². The van der Waals surface area contributed by atoms with Gasteiger partial charge in [-0.1, -0.05) is 42.5 Å². The molecular weight excluding hydrogens is 979 g/mol. The van der Waals surface area contributed by atoms with E-state index in [2.05, 4.69) is 59.5 Å². The predicted molar refractivity (Wildman–Crippen MR) is 264 cm³/mol. The second-order valence-corrected chi connectivity index (χ2v) is 18.6. The third-order valence-corrected chi connectivity index (χ3v) is 13.3. The van der Waals surface area contributed by atoms with E-state index in [1.54, 1.807) is 30.3 Å². The first-order valence-electron chi connectivity index (χ1n) is 22.7. The van der Waals surface area contributed by atoms with E-state index in [0.29, 0.717) is 16.8 Å². The van der Waals surface area contributed by atoms with Gasteiger partial charge in [0.05, 0.1) is 24.2 Å². The SMILES string of the molecule is NC(N)=NCCC[C@H](NC(=O)[C@@H](N)CC(=O)O)C(=O)N[C@H]1CS[C@@H]2CC[C@@H](C(=O)N[C@@H](Cc3cnc[nH]3)C(=O)N[C@@H](CS)C(=O)N[C@@H](Cc3ccccc3)C(=O)O)N2C(=O)[C@H](Cc2ccc(O)cc2)NC1=O. The van der Waals surface area contributed by atoms with Crippen molar-refractivity contribution in [1.82, 2.24) is 46.8 Å². The fourth-order valence-electron chi connectivity index (χ4n) is 7.89. The fourth-order valence-corrected chi connectivity index (χ4v) is 9.51. The summed E-state index contributed by atoms with van der Waals surface area (Å²) < 4.78 is 0. The molecule has 388 valence electrons. The summed E-state index contributed by atoms with van der Waals surface area (Å²) in [5.41, 5.74) is 18.2. The molecule has 25 nitrogen and oxygen atoms in total. The highest BCUT2D eigenvalue weighted by Gasteiger charge is 2.46. The first-order chi connectivity index (χ1) is 34.3. The molecule has 16 N–H and O–H groups in total. The number of carboxylic acid groups (broad SMARTS) is 2. The van der Waals surface area contributed by atoms with E-state index in [1.165, 1.54) is 41.7 Å². The van der Waals surface area contributed by atoms with Gasteiger partial charge in [-0.25, -0.2) is 9.78 Å². The molecular formula is C45H59N13O12S2. The smallest absolute Gasteiger partial charge is 0.326 e. The van der Waals surface area contributed by atoms with Crippen molar-refractivity contribution in [2.75, 3.05) is 18.1 Å². The summed E-state index contributed by atoms with van der Waals surface area (Å²) in [6, 6.07) is 3.61. The van der Waals surface area contributed by atoms with Crippen LogP contribution in [0.3, 0.4) is 0 Å². The lowest BCUT2D eigenvalue weighted by Crippen LogP contribution is -2.60. The summed E-state index contributed by atoms with van der Waals surface area (Å²) >= 11 is 5.34. The maximum atomic E-state index is 14.8. The number of nitrogens with two attached hydrogens (primary N) is 3.